The molecular weight excluding hydrogens is 352 g/mol. The van der Waals surface area contributed by atoms with Gasteiger partial charge in [0.15, 0.2) is 11.5 Å². The minimum absolute atomic E-state index is 0.516. The Bertz CT molecular complexity index is 1080. The summed E-state index contributed by atoms with van der Waals surface area (Å²) in [6, 6.07) is 15.2. The van der Waals surface area contributed by atoms with Crippen LogP contribution in [0.4, 0.5) is 0 Å². The summed E-state index contributed by atoms with van der Waals surface area (Å²) < 4.78 is 12.4. The molecular formula is C19H15ClN4O2. The molecule has 2 aromatic carbocycles. The normalized spacial score (nSPS) is 10.9. The minimum atomic E-state index is 0.516. The van der Waals surface area contributed by atoms with Gasteiger partial charge in [-0.05, 0) is 36.4 Å². The lowest BCUT2D eigenvalue weighted by Gasteiger charge is -2.11. The first-order chi connectivity index (χ1) is 12.7. The molecule has 0 aliphatic rings. The predicted molar refractivity (Wildman–Crippen MR) is 99.8 cm³/mol. The maximum atomic E-state index is 6.01. The number of rotatable bonds is 4. The van der Waals surface area contributed by atoms with Crippen LogP contribution >= 0.6 is 11.6 Å². The van der Waals surface area contributed by atoms with Gasteiger partial charge < -0.3 is 9.47 Å². The van der Waals surface area contributed by atoms with E-state index in [1.807, 2.05) is 48.5 Å². The minimum Gasteiger partial charge on any atom is -0.493 e. The van der Waals surface area contributed by atoms with E-state index in [9.17, 15) is 0 Å². The molecule has 0 aliphatic carbocycles. The molecule has 130 valence electrons. The van der Waals surface area contributed by atoms with Crippen LogP contribution in [0.2, 0.25) is 5.02 Å². The first kappa shape index (κ1) is 16.4. The van der Waals surface area contributed by atoms with E-state index in [2.05, 4.69) is 15.1 Å². The average molecular weight is 367 g/mol. The molecule has 26 heavy (non-hydrogen) atoms. The van der Waals surface area contributed by atoms with Crippen molar-refractivity contribution in [2.75, 3.05) is 14.2 Å². The van der Waals surface area contributed by atoms with E-state index < -0.39 is 0 Å². The van der Waals surface area contributed by atoms with Crippen molar-refractivity contribution >= 4 is 17.4 Å². The van der Waals surface area contributed by atoms with Crippen molar-refractivity contribution < 1.29 is 9.47 Å². The second-order valence-electron chi connectivity index (χ2n) is 5.58. The highest BCUT2D eigenvalue weighted by molar-refractivity contribution is 6.30. The van der Waals surface area contributed by atoms with Crippen molar-refractivity contribution in [2.24, 2.45) is 0 Å². The molecule has 0 amide bonds. The molecule has 0 bridgehead atoms. The largest absolute Gasteiger partial charge is 0.493 e. The van der Waals surface area contributed by atoms with Crippen LogP contribution < -0.4 is 9.47 Å². The molecule has 0 saturated heterocycles. The fraction of sp³-hybridized carbons (Fsp3) is 0.105. The summed E-state index contributed by atoms with van der Waals surface area (Å²) in [5.74, 6) is 1.82. The number of ether oxygens (including phenoxy) is 2. The molecule has 0 spiro atoms. The van der Waals surface area contributed by atoms with Crippen molar-refractivity contribution in [3.05, 3.63) is 59.9 Å². The van der Waals surface area contributed by atoms with Crippen molar-refractivity contribution in [3.63, 3.8) is 0 Å². The molecule has 4 aromatic rings. The Morgan fingerprint density at radius 2 is 1.62 bits per heavy atom. The highest BCUT2D eigenvalue weighted by Gasteiger charge is 2.13. The van der Waals surface area contributed by atoms with Crippen molar-refractivity contribution in [1.29, 1.82) is 0 Å². The van der Waals surface area contributed by atoms with E-state index >= 15 is 0 Å². The number of aromatic nitrogens is 4. The molecule has 6 nitrogen and oxygen atoms in total. The highest BCUT2D eigenvalue weighted by Crippen LogP contribution is 2.33. The molecule has 4 rings (SSSR count). The van der Waals surface area contributed by atoms with Crippen LogP contribution in [0.1, 0.15) is 0 Å². The number of fused-ring (bicyclic) bond motifs is 1. The number of benzene rings is 2. The number of hydrogen-bond acceptors (Lipinski definition) is 5. The summed E-state index contributed by atoms with van der Waals surface area (Å²) in [4.78, 5) is 8.85. The zero-order valence-corrected chi connectivity index (χ0v) is 14.9. The number of nitrogens with zero attached hydrogens (tertiary/aromatic N) is 4. The lowest BCUT2D eigenvalue weighted by atomic mass is 10.1. The third kappa shape index (κ3) is 2.84. The second kappa shape index (κ2) is 6.65. The number of methoxy groups -OCH3 is 2. The van der Waals surface area contributed by atoms with Gasteiger partial charge in [-0.2, -0.15) is 14.6 Å². The molecule has 2 heterocycles. The van der Waals surface area contributed by atoms with Crippen LogP contribution in [0, 0.1) is 0 Å². The van der Waals surface area contributed by atoms with E-state index in [-0.39, 0.29) is 0 Å². The summed E-state index contributed by atoms with van der Waals surface area (Å²) in [6.07, 6.45) is 1.49. The number of halogens is 1. The molecule has 0 N–H and O–H groups in total. The average Bonchev–Trinajstić information content (AvgIpc) is 3.16. The zero-order valence-electron chi connectivity index (χ0n) is 14.2. The fourth-order valence-electron chi connectivity index (χ4n) is 2.78. The van der Waals surface area contributed by atoms with Crippen LogP contribution in [0.15, 0.2) is 54.9 Å². The van der Waals surface area contributed by atoms with Gasteiger partial charge in [0.2, 0.25) is 0 Å². The third-order valence-corrected chi connectivity index (χ3v) is 4.32. The smallest absolute Gasteiger partial charge is 0.253 e. The molecule has 7 heteroatoms. The van der Waals surface area contributed by atoms with E-state index in [0.29, 0.717) is 22.3 Å². The maximum Gasteiger partial charge on any atom is 0.253 e. The van der Waals surface area contributed by atoms with Gasteiger partial charge in [0.05, 0.1) is 25.6 Å². The summed E-state index contributed by atoms with van der Waals surface area (Å²) in [6.45, 7) is 0. The molecule has 2 aromatic heterocycles. The summed E-state index contributed by atoms with van der Waals surface area (Å²) in [5, 5.41) is 4.96. The fourth-order valence-corrected chi connectivity index (χ4v) is 2.91. The van der Waals surface area contributed by atoms with Gasteiger partial charge in [-0.1, -0.05) is 23.7 Å². The maximum absolute atomic E-state index is 6.01. The van der Waals surface area contributed by atoms with Crippen LogP contribution in [0.5, 0.6) is 11.5 Å². The SMILES string of the molecule is COc1ccc(-c2cc(-c3ccc(Cl)cc3)n3ncnc3n2)cc1OC. The molecule has 0 radical (unpaired) electrons. The third-order valence-electron chi connectivity index (χ3n) is 4.07. The molecule has 0 unspecified atom stereocenters. The lowest BCUT2D eigenvalue weighted by Crippen LogP contribution is -1.99. The Balaban J connectivity index is 1.90. The Kier molecular flexibility index (Phi) is 4.18. The number of hydrogen-bond donors (Lipinski definition) is 0. The van der Waals surface area contributed by atoms with Crippen LogP contribution in [-0.4, -0.2) is 33.8 Å². The van der Waals surface area contributed by atoms with Gasteiger partial charge in [-0.25, -0.2) is 4.98 Å². The molecule has 0 saturated carbocycles. The van der Waals surface area contributed by atoms with Gasteiger partial charge in [0.1, 0.15) is 6.33 Å². The lowest BCUT2D eigenvalue weighted by molar-refractivity contribution is 0.355. The van der Waals surface area contributed by atoms with E-state index in [0.717, 1.165) is 22.5 Å². The first-order valence-electron chi connectivity index (χ1n) is 7.88. The van der Waals surface area contributed by atoms with Gasteiger partial charge in [0, 0.05) is 16.1 Å². The molecule has 0 aliphatic heterocycles. The quantitative estimate of drug-likeness (QED) is 0.543. The van der Waals surface area contributed by atoms with Gasteiger partial charge >= 0.3 is 0 Å². The first-order valence-corrected chi connectivity index (χ1v) is 8.26. The Morgan fingerprint density at radius 1 is 0.885 bits per heavy atom. The molecule has 0 fully saturated rings. The van der Waals surface area contributed by atoms with Crippen molar-refractivity contribution in [3.8, 4) is 34.0 Å². The Labute approximate surface area is 155 Å². The van der Waals surface area contributed by atoms with E-state index in [1.165, 1.54) is 6.33 Å². The van der Waals surface area contributed by atoms with Crippen LogP contribution in [0.25, 0.3) is 28.3 Å². The highest BCUT2D eigenvalue weighted by atomic mass is 35.5. The zero-order chi connectivity index (χ0) is 18.1. The van der Waals surface area contributed by atoms with E-state index in [4.69, 9.17) is 21.1 Å². The van der Waals surface area contributed by atoms with Gasteiger partial charge in [0.25, 0.3) is 5.78 Å². The molecule has 0 atom stereocenters. The topological polar surface area (TPSA) is 61.5 Å². The van der Waals surface area contributed by atoms with Crippen LogP contribution in [-0.2, 0) is 0 Å². The predicted octanol–water partition coefficient (Wildman–Crippen LogP) is 4.13. The van der Waals surface area contributed by atoms with Crippen molar-refractivity contribution in [1.82, 2.24) is 19.6 Å². The van der Waals surface area contributed by atoms with Crippen LogP contribution in [0.3, 0.4) is 0 Å². The monoisotopic (exact) mass is 366 g/mol. The second-order valence-corrected chi connectivity index (χ2v) is 6.01. The van der Waals surface area contributed by atoms with E-state index in [1.54, 1.807) is 18.7 Å². The summed E-state index contributed by atoms with van der Waals surface area (Å²) >= 11 is 6.01. The summed E-state index contributed by atoms with van der Waals surface area (Å²) in [5.41, 5.74) is 3.49. The standard InChI is InChI=1S/C19H15ClN4O2/c1-25-17-8-5-13(9-18(17)26-2)15-10-16(12-3-6-14(20)7-4-12)24-19(23-15)21-11-22-24/h3-11H,1-2H3. The van der Waals surface area contributed by atoms with Crippen molar-refractivity contribution in [2.45, 2.75) is 0 Å². The Hall–Kier alpha value is -3.12. The van der Waals surface area contributed by atoms with Gasteiger partial charge in [-0.3, -0.25) is 0 Å². The Morgan fingerprint density at radius 3 is 2.35 bits per heavy atom. The van der Waals surface area contributed by atoms with Gasteiger partial charge in [-0.15, -0.1) is 0 Å². The summed E-state index contributed by atoms with van der Waals surface area (Å²) in [7, 11) is 3.21.